The van der Waals surface area contributed by atoms with Gasteiger partial charge in [-0.25, -0.2) is 15.0 Å². The second-order valence-corrected chi connectivity index (χ2v) is 7.85. The van der Waals surface area contributed by atoms with Crippen LogP contribution in [0.4, 0.5) is 23.3 Å². The van der Waals surface area contributed by atoms with Crippen LogP contribution in [0.5, 0.6) is 0 Å². The molecule has 0 atom stereocenters. The molecular formula is C21H26N8. The van der Waals surface area contributed by atoms with E-state index in [2.05, 4.69) is 49.9 Å². The van der Waals surface area contributed by atoms with Crippen LogP contribution in [-0.4, -0.2) is 52.7 Å². The van der Waals surface area contributed by atoms with Crippen molar-refractivity contribution in [2.24, 2.45) is 5.92 Å². The maximum absolute atomic E-state index is 4.88. The van der Waals surface area contributed by atoms with E-state index in [0.717, 1.165) is 67.1 Å². The predicted molar refractivity (Wildman–Crippen MR) is 116 cm³/mol. The van der Waals surface area contributed by atoms with Crippen molar-refractivity contribution < 1.29 is 0 Å². The Morgan fingerprint density at radius 1 is 1.07 bits per heavy atom. The third kappa shape index (κ3) is 4.07. The number of hydrogen-bond acceptors (Lipinski definition) is 8. The van der Waals surface area contributed by atoms with E-state index in [0.29, 0.717) is 5.82 Å². The Balaban J connectivity index is 1.57. The summed E-state index contributed by atoms with van der Waals surface area (Å²) in [5.41, 5.74) is 3.69. The first-order valence-corrected chi connectivity index (χ1v) is 10.3. The molecule has 3 N–H and O–H groups in total. The summed E-state index contributed by atoms with van der Waals surface area (Å²) in [5.74, 6) is 2.97. The average molecular weight is 390 g/mol. The van der Waals surface area contributed by atoms with E-state index in [4.69, 9.17) is 9.97 Å². The van der Waals surface area contributed by atoms with Crippen LogP contribution in [0.1, 0.15) is 18.4 Å². The largest absolute Gasteiger partial charge is 0.368 e. The van der Waals surface area contributed by atoms with Crippen LogP contribution >= 0.6 is 0 Å². The number of benzene rings is 1. The van der Waals surface area contributed by atoms with Crippen molar-refractivity contribution in [3.63, 3.8) is 0 Å². The number of aromatic nitrogens is 4. The lowest BCUT2D eigenvalue weighted by Gasteiger charge is -2.28. The number of nitrogens with one attached hydrogen (secondary N) is 3. The molecule has 5 rings (SSSR count). The van der Waals surface area contributed by atoms with Crippen molar-refractivity contribution in [2.45, 2.75) is 19.8 Å². The zero-order chi connectivity index (χ0) is 19.6. The van der Waals surface area contributed by atoms with E-state index in [-0.39, 0.29) is 0 Å². The first-order valence-electron chi connectivity index (χ1n) is 10.3. The maximum Gasteiger partial charge on any atom is 0.228 e. The van der Waals surface area contributed by atoms with E-state index in [1.54, 1.807) is 6.33 Å². The van der Waals surface area contributed by atoms with Crippen LogP contribution in [0.25, 0.3) is 11.0 Å². The summed E-state index contributed by atoms with van der Waals surface area (Å²) in [4.78, 5) is 21.0. The number of fused-ring (bicyclic) bond motifs is 1. The Kier molecular flexibility index (Phi) is 4.85. The van der Waals surface area contributed by atoms with E-state index in [9.17, 15) is 0 Å². The molecule has 1 aromatic carbocycles. The second kappa shape index (κ2) is 7.79. The minimum Gasteiger partial charge on any atom is -0.368 e. The molecule has 29 heavy (non-hydrogen) atoms. The standard InChI is InChI=1S/C21H26N8/c1-14-3-2-4-16(11-14)26-20-17-18(19(25-13-24-17)23-12-15-5-6-15)27-21(28-20)29-9-7-22-8-10-29/h2-4,11,13,15,22H,5-10,12H2,1H3,(H,23,24,25)(H,26,27,28). The highest BCUT2D eigenvalue weighted by molar-refractivity contribution is 5.94. The monoisotopic (exact) mass is 390 g/mol. The topological polar surface area (TPSA) is 90.9 Å². The smallest absolute Gasteiger partial charge is 0.228 e. The summed E-state index contributed by atoms with van der Waals surface area (Å²) in [6, 6.07) is 8.26. The zero-order valence-corrected chi connectivity index (χ0v) is 16.6. The lowest BCUT2D eigenvalue weighted by Crippen LogP contribution is -2.44. The predicted octanol–water partition coefficient (Wildman–Crippen LogP) is 2.70. The van der Waals surface area contributed by atoms with Gasteiger partial charge in [0.1, 0.15) is 17.4 Å². The van der Waals surface area contributed by atoms with Crippen molar-refractivity contribution in [3.8, 4) is 0 Å². The van der Waals surface area contributed by atoms with Gasteiger partial charge in [-0.15, -0.1) is 0 Å². The molecular weight excluding hydrogens is 364 g/mol. The third-order valence-corrected chi connectivity index (χ3v) is 5.41. The lowest BCUT2D eigenvalue weighted by molar-refractivity contribution is 0.581. The molecule has 1 aliphatic carbocycles. The van der Waals surface area contributed by atoms with E-state index < -0.39 is 0 Å². The molecule has 2 fully saturated rings. The molecule has 0 spiro atoms. The normalized spacial score (nSPS) is 16.8. The highest BCUT2D eigenvalue weighted by Crippen LogP contribution is 2.31. The molecule has 2 aromatic heterocycles. The maximum atomic E-state index is 4.88. The van der Waals surface area contributed by atoms with Crippen LogP contribution in [0.2, 0.25) is 0 Å². The molecule has 3 aromatic rings. The van der Waals surface area contributed by atoms with Crippen molar-refractivity contribution in [1.82, 2.24) is 25.3 Å². The van der Waals surface area contributed by atoms with Gasteiger partial charge >= 0.3 is 0 Å². The fourth-order valence-electron chi connectivity index (χ4n) is 3.58. The van der Waals surface area contributed by atoms with E-state index in [1.165, 1.54) is 18.4 Å². The van der Waals surface area contributed by atoms with Gasteiger partial charge in [-0.2, -0.15) is 4.98 Å². The van der Waals surface area contributed by atoms with E-state index in [1.807, 2.05) is 12.1 Å². The van der Waals surface area contributed by atoms with Crippen molar-refractivity contribution in [1.29, 1.82) is 0 Å². The summed E-state index contributed by atoms with van der Waals surface area (Å²) in [7, 11) is 0. The number of nitrogens with zero attached hydrogens (tertiary/aromatic N) is 5. The highest BCUT2D eigenvalue weighted by atomic mass is 15.3. The average Bonchev–Trinajstić information content (AvgIpc) is 3.57. The molecule has 0 amide bonds. The molecule has 150 valence electrons. The third-order valence-electron chi connectivity index (χ3n) is 5.41. The second-order valence-electron chi connectivity index (χ2n) is 7.85. The zero-order valence-electron chi connectivity index (χ0n) is 16.6. The van der Waals surface area contributed by atoms with Crippen LogP contribution in [-0.2, 0) is 0 Å². The first kappa shape index (κ1) is 18.1. The molecule has 8 heteroatoms. The molecule has 1 saturated carbocycles. The van der Waals surface area contributed by atoms with Gasteiger partial charge < -0.3 is 20.9 Å². The summed E-state index contributed by atoms with van der Waals surface area (Å²) >= 11 is 0. The minimum atomic E-state index is 0.714. The molecule has 1 aliphatic heterocycles. The van der Waals surface area contributed by atoms with Gasteiger partial charge in [0, 0.05) is 38.4 Å². The van der Waals surface area contributed by atoms with Gasteiger partial charge in [0.05, 0.1) is 0 Å². The Hall–Kier alpha value is -3.00. The highest BCUT2D eigenvalue weighted by Gasteiger charge is 2.23. The number of anilines is 4. The molecule has 0 unspecified atom stereocenters. The Morgan fingerprint density at radius 2 is 1.93 bits per heavy atom. The fourth-order valence-corrected chi connectivity index (χ4v) is 3.58. The number of hydrogen-bond donors (Lipinski definition) is 3. The number of rotatable bonds is 6. The van der Waals surface area contributed by atoms with Gasteiger partial charge in [-0.05, 0) is 43.4 Å². The van der Waals surface area contributed by atoms with Crippen molar-refractivity contribution in [2.75, 3.05) is 48.3 Å². The van der Waals surface area contributed by atoms with Crippen LogP contribution in [0.15, 0.2) is 30.6 Å². The van der Waals surface area contributed by atoms with Gasteiger partial charge in [-0.3, -0.25) is 0 Å². The van der Waals surface area contributed by atoms with Gasteiger partial charge in [0.15, 0.2) is 11.6 Å². The molecule has 8 nitrogen and oxygen atoms in total. The molecule has 0 bridgehead atoms. The first-order chi connectivity index (χ1) is 14.3. The Bertz CT molecular complexity index is 1010. The quantitative estimate of drug-likeness (QED) is 0.592. The fraction of sp³-hybridized carbons (Fsp3) is 0.429. The van der Waals surface area contributed by atoms with Gasteiger partial charge in [0.25, 0.3) is 0 Å². The number of piperazine rings is 1. The number of aryl methyl sites for hydroxylation is 1. The Labute approximate surface area is 170 Å². The summed E-state index contributed by atoms with van der Waals surface area (Å²) in [6.07, 6.45) is 4.17. The summed E-state index contributed by atoms with van der Waals surface area (Å²) < 4.78 is 0. The SMILES string of the molecule is Cc1cccc(Nc2nc(N3CCNCC3)nc3c(NCC4CC4)ncnc23)c1. The summed E-state index contributed by atoms with van der Waals surface area (Å²) in [5, 5.41) is 10.3. The molecule has 2 aliphatic rings. The minimum absolute atomic E-state index is 0.714. The van der Waals surface area contributed by atoms with Crippen LogP contribution in [0, 0.1) is 12.8 Å². The Morgan fingerprint density at radius 3 is 2.72 bits per heavy atom. The van der Waals surface area contributed by atoms with Crippen molar-refractivity contribution in [3.05, 3.63) is 36.2 Å². The van der Waals surface area contributed by atoms with E-state index >= 15 is 0 Å². The molecule has 3 heterocycles. The molecule has 1 saturated heterocycles. The molecule has 0 radical (unpaired) electrons. The van der Waals surface area contributed by atoms with Gasteiger partial charge in [0.2, 0.25) is 5.95 Å². The lowest BCUT2D eigenvalue weighted by atomic mass is 10.2. The summed E-state index contributed by atoms with van der Waals surface area (Å²) in [6.45, 7) is 6.64. The van der Waals surface area contributed by atoms with Gasteiger partial charge in [-0.1, -0.05) is 12.1 Å². The van der Waals surface area contributed by atoms with Crippen LogP contribution < -0.4 is 20.9 Å². The van der Waals surface area contributed by atoms with Crippen molar-refractivity contribution >= 4 is 34.3 Å². The van der Waals surface area contributed by atoms with Crippen LogP contribution in [0.3, 0.4) is 0 Å².